The summed E-state index contributed by atoms with van der Waals surface area (Å²) in [4.78, 5) is 21.5. The van der Waals surface area contributed by atoms with Crippen molar-refractivity contribution in [2.45, 2.75) is 13.8 Å². The van der Waals surface area contributed by atoms with E-state index in [0.717, 1.165) is 49.1 Å². The SMILES string of the molecule is Cc1ccc(NC(=O)CN2CCN(c3nccn3-c3cccc(Cl)c3)CC2)c(C)c1.Cl.Cl. The van der Waals surface area contributed by atoms with E-state index in [2.05, 4.69) is 37.7 Å². The fraction of sp³-hybridized carbons (Fsp3) is 0.304. The number of aromatic nitrogens is 2. The number of hydrogen-bond donors (Lipinski definition) is 1. The minimum atomic E-state index is 0. The number of carbonyl (C=O) groups excluding carboxylic acids is 1. The van der Waals surface area contributed by atoms with Gasteiger partial charge >= 0.3 is 0 Å². The van der Waals surface area contributed by atoms with Crippen molar-refractivity contribution in [3.05, 3.63) is 71.0 Å². The molecule has 9 heteroatoms. The van der Waals surface area contributed by atoms with E-state index in [1.54, 1.807) is 6.20 Å². The highest BCUT2D eigenvalue weighted by Crippen LogP contribution is 2.22. The molecule has 2 heterocycles. The molecule has 4 rings (SSSR count). The second-order valence-electron chi connectivity index (χ2n) is 7.71. The lowest BCUT2D eigenvalue weighted by molar-refractivity contribution is -0.117. The Hall–Kier alpha value is -2.25. The Morgan fingerprint density at radius 1 is 1.06 bits per heavy atom. The minimum Gasteiger partial charge on any atom is -0.339 e. The standard InChI is InChI=1S/C23H26ClN5O.2ClH/c1-17-6-7-21(18(2)14-17)26-22(30)16-27-10-12-28(13-11-27)23-25-8-9-29(23)20-5-3-4-19(24)15-20;;/h3-9,14-15H,10-13,16H2,1-2H3,(H,26,30);2*1H. The van der Waals surface area contributed by atoms with Crippen molar-refractivity contribution < 1.29 is 4.79 Å². The van der Waals surface area contributed by atoms with E-state index in [0.29, 0.717) is 11.6 Å². The molecular weight excluding hydrogens is 469 g/mol. The number of nitrogens with one attached hydrogen (secondary N) is 1. The smallest absolute Gasteiger partial charge is 0.238 e. The Bertz CT molecular complexity index is 1050. The summed E-state index contributed by atoms with van der Waals surface area (Å²) >= 11 is 6.15. The molecule has 1 saturated heterocycles. The van der Waals surface area contributed by atoms with Gasteiger partial charge in [0.05, 0.1) is 6.54 Å². The van der Waals surface area contributed by atoms with Gasteiger partial charge in [0.25, 0.3) is 0 Å². The maximum atomic E-state index is 12.5. The van der Waals surface area contributed by atoms with Crippen molar-refractivity contribution >= 4 is 54.0 Å². The predicted molar refractivity (Wildman–Crippen MR) is 136 cm³/mol. The largest absolute Gasteiger partial charge is 0.339 e. The van der Waals surface area contributed by atoms with E-state index in [-0.39, 0.29) is 30.7 Å². The first-order valence-corrected chi connectivity index (χ1v) is 10.5. The molecule has 1 aliphatic heterocycles. The fourth-order valence-corrected chi connectivity index (χ4v) is 3.99. The summed E-state index contributed by atoms with van der Waals surface area (Å²) in [6, 6.07) is 13.8. The molecule has 1 N–H and O–H groups in total. The molecular formula is C23H28Cl3N5O. The minimum absolute atomic E-state index is 0. The van der Waals surface area contributed by atoms with Crippen LogP contribution in [0.4, 0.5) is 11.6 Å². The van der Waals surface area contributed by atoms with Crippen LogP contribution >= 0.6 is 36.4 Å². The van der Waals surface area contributed by atoms with Crippen molar-refractivity contribution in [3.63, 3.8) is 0 Å². The highest BCUT2D eigenvalue weighted by molar-refractivity contribution is 6.30. The van der Waals surface area contributed by atoms with E-state index in [1.165, 1.54) is 5.56 Å². The first-order chi connectivity index (χ1) is 14.5. The summed E-state index contributed by atoms with van der Waals surface area (Å²) in [5.74, 6) is 0.924. The molecule has 2 aromatic carbocycles. The Morgan fingerprint density at radius 2 is 1.81 bits per heavy atom. The predicted octanol–water partition coefficient (Wildman–Crippen LogP) is 4.75. The summed E-state index contributed by atoms with van der Waals surface area (Å²) in [5, 5.41) is 3.74. The van der Waals surface area contributed by atoms with Gasteiger partial charge < -0.3 is 10.2 Å². The third-order valence-corrected chi connectivity index (χ3v) is 5.62. The summed E-state index contributed by atoms with van der Waals surface area (Å²) in [6.45, 7) is 7.71. The monoisotopic (exact) mass is 495 g/mol. The molecule has 0 bridgehead atoms. The number of aryl methyl sites for hydroxylation is 2. The summed E-state index contributed by atoms with van der Waals surface area (Å²) in [6.07, 6.45) is 3.75. The van der Waals surface area contributed by atoms with Crippen molar-refractivity contribution in [2.24, 2.45) is 0 Å². The number of benzene rings is 2. The Labute approximate surface area is 206 Å². The van der Waals surface area contributed by atoms with Gasteiger partial charge in [-0.1, -0.05) is 35.4 Å². The molecule has 3 aromatic rings. The van der Waals surface area contributed by atoms with Crippen molar-refractivity contribution in [2.75, 3.05) is 42.9 Å². The number of carbonyl (C=O) groups is 1. The molecule has 32 heavy (non-hydrogen) atoms. The number of nitrogens with zero attached hydrogens (tertiary/aromatic N) is 4. The van der Waals surface area contributed by atoms with Crippen molar-refractivity contribution in [1.82, 2.24) is 14.5 Å². The summed E-state index contributed by atoms with van der Waals surface area (Å²) < 4.78 is 2.05. The second-order valence-corrected chi connectivity index (χ2v) is 8.14. The maximum absolute atomic E-state index is 12.5. The first-order valence-electron chi connectivity index (χ1n) is 10.1. The Balaban J connectivity index is 0.00000181. The van der Waals surface area contributed by atoms with Crippen LogP contribution in [0.5, 0.6) is 0 Å². The normalized spacial score (nSPS) is 13.8. The number of imidazole rings is 1. The molecule has 0 saturated carbocycles. The molecule has 0 unspecified atom stereocenters. The van der Waals surface area contributed by atoms with Crippen LogP contribution in [0.25, 0.3) is 5.69 Å². The topological polar surface area (TPSA) is 53.4 Å². The van der Waals surface area contributed by atoms with Gasteiger partial charge in [-0.15, -0.1) is 24.8 Å². The van der Waals surface area contributed by atoms with E-state index >= 15 is 0 Å². The molecule has 1 amide bonds. The van der Waals surface area contributed by atoms with Gasteiger partial charge in [-0.25, -0.2) is 4.98 Å². The molecule has 6 nitrogen and oxygen atoms in total. The molecule has 1 aromatic heterocycles. The van der Waals surface area contributed by atoms with E-state index in [4.69, 9.17) is 11.6 Å². The number of piperazine rings is 1. The van der Waals surface area contributed by atoms with Crippen LogP contribution in [0.1, 0.15) is 11.1 Å². The molecule has 0 atom stereocenters. The second kappa shape index (κ2) is 11.6. The van der Waals surface area contributed by atoms with E-state index in [9.17, 15) is 4.79 Å². The maximum Gasteiger partial charge on any atom is 0.238 e. The van der Waals surface area contributed by atoms with Crippen LogP contribution in [0.15, 0.2) is 54.9 Å². The third kappa shape index (κ3) is 6.17. The highest BCUT2D eigenvalue weighted by atomic mass is 35.5. The lowest BCUT2D eigenvalue weighted by atomic mass is 10.1. The number of rotatable bonds is 5. The molecule has 1 aliphatic rings. The van der Waals surface area contributed by atoms with Gasteiger partial charge in [0, 0.05) is 55.0 Å². The lowest BCUT2D eigenvalue weighted by Gasteiger charge is -2.35. The zero-order valence-corrected chi connectivity index (χ0v) is 20.5. The molecule has 172 valence electrons. The van der Waals surface area contributed by atoms with Crippen LogP contribution in [0, 0.1) is 13.8 Å². The van der Waals surface area contributed by atoms with Gasteiger partial charge in [0.2, 0.25) is 11.9 Å². The van der Waals surface area contributed by atoms with Crippen LogP contribution in [-0.4, -0.2) is 53.1 Å². The number of anilines is 2. The zero-order valence-electron chi connectivity index (χ0n) is 18.1. The number of halogens is 3. The van der Waals surface area contributed by atoms with Crippen LogP contribution < -0.4 is 10.2 Å². The highest BCUT2D eigenvalue weighted by Gasteiger charge is 2.22. The summed E-state index contributed by atoms with van der Waals surface area (Å²) in [7, 11) is 0. The van der Waals surface area contributed by atoms with E-state index < -0.39 is 0 Å². The van der Waals surface area contributed by atoms with Gasteiger partial charge in [-0.05, 0) is 43.7 Å². The van der Waals surface area contributed by atoms with Gasteiger partial charge in [-0.3, -0.25) is 14.3 Å². The average Bonchev–Trinajstić information content (AvgIpc) is 3.21. The average molecular weight is 497 g/mol. The third-order valence-electron chi connectivity index (χ3n) is 5.39. The molecule has 0 aliphatic carbocycles. The molecule has 0 spiro atoms. The van der Waals surface area contributed by atoms with Crippen LogP contribution in [0.3, 0.4) is 0 Å². The number of amides is 1. The van der Waals surface area contributed by atoms with Gasteiger partial charge in [0.1, 0.15) is 0 Å². The summed E-state index contributed by atoms with van der Waals surface area (Å²) in [5.41, 5.74) is 4.15. The van der Waals surface area contributed by atoms with Crippen molar-refractivity contribution in [3.8, 4) is 5.69 Å². The number of hydrogen-bond acceptors (Lipinski definition) is 4. The first kappa shape index (κ1) is 26.0. The zero-order chi connectivity index (χ0) is 21.1. The Morgan fingerprint density at radius 3 is 2.50 bits per heavy atom. The van der Waals surface area contributed by atoms with E-state index in [1.807, 2.05) is 49.5 Å². The lowest BCUT2D eigenvalue weighted by Crippen LogP contribution is -2.49. The molecule has 0 radical (unpaired) electrons. The quantitative estimate of drug-likeness (QED) is 0.554. The van der Waals surface area contributed by atoms with Crippen molar-refractivity contribution in [1.29, 1.82) is 0 Å². The molecule has 1 fully saturated rings. The van der Waals surface area contributed by atoms with Gasteiger partial charge in [-0.2, -0.15) is 0 Å². The van der Waals surface area contributed by atoms with Crippen LogP contribution in [-0.2, 0) is 4.79 Å². The van der Waals surface area contributed by atoms with Gasteiger partial charge in [0.15, 0.2) is 0 Å². The fourth-order valence-electron chi connectivity index (χ4n) is 3.81. The van der Waals surface area contributed by atoms with Crippen LogP contribution in [0.2, 0.25) is 5.02 Å². The Kier molecular flexibility index (Phi) is 9.40.